The second kappa shape index (κ2) is 4.26. The van der Waals surface area contributed by atoms with Gasteiger partial charge in [-0.05, 0) is 26.0 Å². The summed E-state index contributed by atoms with van der Waals surface area (Å²) in [4.78, 5) is 4.04. The van der Waals surface area contributed by atoms with E-state index in [1.54, 1.807) is 13.1 Å². The van der Waals surface area contributed by atoms with Gasteiger partial charge in [0.15, 0.2) is 0 Å². The first-order valence-electron chi connectivity index (χ1n) is 5.19. The van der Waals surface area contributed by atoms with Gasteiger partial charge in [0, 0.05) is 5.56 Å². The fraction of sp³-hybridized carbons (Fsp3) is 0.250. The zero-order chi connectivity index (χ0) is 11.5. The maximum Gasteiger partial charge on any atom is 0.142 e. The first-order valence-corrected chi connectivity index (χ1v) is 5.19. The molecule has 0 saturated carbocycles. The molecule has 0 aliphatic rings. The highest BCUT2D eigenvalue weighted by Crippen LogP contribution is 2.23. The lowest BCUT2D eigenvalue weighted by Crippen LogP contribution is -1.96. The summed E-state index contributed by atoms with van der Waals surface area (Å²) < 4.78 is 6.48. The SMILES string of the molecule is CCOc1cccc(-c2cnc(C)n2O)c1. The standard InChI is InChI=1S/C12H14N2O2/c1-3-16-11-6-4-5-10(7-11)12-8-13-9(2)14(12)15/h4-8,15H,3H2,1-2H3. The number of imidazole rings is 1. The molecule has 1 N–H and O–H groups in total. The lowest BCUT2D eigenvalue weighted by atomic mass is 10.1. The Hall–Kier alpha value is -1.97. The van der Waals surface area contributed by atoms with Gasteiger partial charge in [0.1, 0.15) is 17.3 Å². The summed E-state index contributed by atoms with van der Waals surface area (Å²) in [5.74, 6) is 1.36. The van der Waals surface area contributed by atoms with E-state index in [0.717, 1.165) is 16.0 Å². The summed E-state index contributed by atoms with van der Waals surface area (Å²) in [6.07, 6.45) is 1.64. The van der Waals surface area contributed by atoms with Crippen LogP contribution in [0.2, 0.25) is 0 Å². The van der Waals surface area contributed by atoms with E-state index in [-0.39, 0.29) is 0 Å². The third-order valence-electron chi connectivity index (χ3n) is 2.35. The number of rotatable bonds is 3. The molecule has 0 bridgehead atoms. The average Bonchev–Trinajstić information content (AvgIpc) is 2.61. The number of hydrogen-bond donors (Lipinski definition) is 1. The number of aryl methyl sites for hydroxylation is 1. The second-order valence-corrected chi connectivity index (χ2v) is 3.46. The van der Waals surface area contributed by atoms with Crippen molar-refractivity contribution in [3.63, 3.8) is 0 Å². The Bertz CT molecular complexity index is 492. The molecule has 16 heavy (non-hydrogen) atoms. The molecule has 84 valence electrons. The maximum absolute atomic E-state index is 9.73. The molecule has 4 nitrogen and oxygen atoms in total. The molecular formula is C12H14N2O2. The van der Waals surface area contributed by atoms with Gasteiger partial charge in [-0.3, -0.25) is 0 Å². The molecule has 2 rings (SSSR count). The van der Waals surface area contributed by atoms with E-state index in [0.29, 0.717) is 18.1 Å². The molecule has 0 atom stereocenters. The van der Waals surface area contributed by atoms with E-state index in [9.17, 15) is 5.21 Å². The summed E-state index contributed by atoms with van der Waals surface area (Å²) in [5, 5.41) is 9.73. The van der Waals surface area contributed by atoms with Crippen molar-refractivity contribution in [3.8, 4) is 17.0 Å². The Morgan fingerprint density at radius 1 is 1.44 bits per heavy atom. The van der Waals surface area contributed by atoms with Crippen LogP contribution in [0, 0.1) is 6.92 Å². The van der Waals surface area contributed by atoms with Crippen LogP contribution in [0.25, 0.3) is 11.3 Å². The minimum Gasteiger partial charge on any atom is -0.494 e. The predicted octanol–water partition coefficient (Wildman–Crippen LogP) is 2.49. The molecule has 1 aromatic carbocycles. The fourth-order valence-corrected chi connectivity index (χ4v) is 1.55. The molecule has 0 radical (unpaired) electrons. The van der Waals surface area contributed by atoms with E-state index < -0.39 is 0 Å². The van der Waals surface area contributed by atoms with E-state index in [2.05, 4.69) is 4.98 Å². The van der Waals surface area contributed by atoms with Gasteiger partial charge in [-0.2, -0.15) is 4.73 Å². The minimum atomic E-state index is 0.566. The van der Waals surface area contributed by atoms with E-state index >= 15 is 0 Å². The van der Waals surface area contributed by atoms with Crippen molar-refractivity contribution in [1.82, 2.24) is 9.71 Å². The summed E-state index contributed by atoms with van der Waals surface area (Å²) in [6, 6.07) is 7.57. The van der Waals surface area contributed by atoms with Crippen LogP contribution in [0.3, 0.4) is 0 Å². The highest BCUT2D eigenvalue weighted by molar-refractivity contribution is 5.61. The molecule has 0 saturated heterocycles. The molecule has 2 aromatic rings. The van der Waals surface area contributed by atoms with Crippen LogP contribution in [-0.4, -0.2) is 21.5 Å². The number of hydrogen-bond acceptors (Lipinski definition) is 3. The molecule has 0 fully saturated rings. The summed E-state index contributed by atoms with van der Waals surface area (Å²) >= 11 is 0. The van der Waals surface area contributed by atoms with Crippen LogP contribution in [-0.2, 0) is 0 Å². The molecule has 0 unspecified atom stereocenters. The van der Waals surface area contributed by atoms with Crippen LogP contribution in [0.1, 0.15) is 12.7 Å². The van der Waals surface area contributed by atoms with Gasteiger partial charge >= 0.3 is 0 Å². The van der Waals surface area contributed by atoms with Crippen molar-refractivity contribution in [2.24, 2.45) is 0 Å². The average molecular weight is 218 g/mol. The van der Waals surface area contributed by atoms with Crippen molar-refractivity contribution in [2.75, 3.05) is 6.61 Å². The molecular weight excluding hydrogens is 204 g/mol. The molecule has 0 amide bonds. The largest absolute Gasteiger partial charge is 0.494 e. The third kappa shape index (κ3) is 1.86. The maximum atomic E-state index is 9.73. The van der Waals surface area contributed by atoms with Crippen molar-refractivity contribution in [2.45, 2.75) is 13.8 Å². The van der Waals surface area contributed by atoms with Crippen LogP contribution in [0.5, 0.6) is 5.75 Å². The smallest absolute Gasteiger partial charge is 0.142 e. The second-order valence-electron chi connectivity index (χ2n) is 3.46. The van der Waals surface area contributed by atoms with Crippen LogP contribution in [0.4, 0.5) is 0 Å². The number of benzene rings is 1. The van der Waals surface area contributed by atoms with Crippen molar-refractivity contribution >= 4 is 0 Å². The third-order valence-corrected chi connectivity index (χ3v) is 2.35. The Morgan fingerprint density at radius 2 is 2.25 bits per heavy atom. The van der Waals surface area contributed by atoms with Gasteiger partial charge in [0.25, 0.3) is 0 Å². The zero-order valence-electron chi connectivity index (χ0n) is 9.34. The zero-order valence-corrected chi connectivity index (χ0v) is 9.34. The minimum absolute atomic E-state index is 0.566. The lowest BCUT2D eigenvalue weighted by molar-refractivity contribution is 0.183. The predicted molar refractivity (Wildman–Crippen MR) is 60.8 cm³/mol. The fourth-order valence-electron chi connectivity index (χ4n) is 1.55. The van der Waals surface area contributed by atoms with Gasteiger partial charge < -0.3 is 9.94 Å². The molecule has 0 aliphatic carbocycles. The summed E-state index contributed by atoms with van der Waals surface area (Å²) in [6.45, 7) is 4.31. The first-order chi connectivity index (χ1) is 7.72. The van der Waals surface area contributed by atoms with Gasteiger partial charge in [-0.25, -0.2) is 4.98 Å². The monoisotopic (exact) mass is 218 g/mol. The highest BCUT2D eigenvalue weighted by Gasteiger charge is 2.08. The van der Waals surface area contributed by atoms with Gasteiger partial charge in [0.05, 0.1) is 12.8 Å². The Kier molecular flexibility index (Phi) is 2.81. The highest BCUT2D eigenvalue weighted by atomic mass is 16.5. The van der Waals surface area contributed by atoms with Crippen molar-refractivity contribution in [3.05, 3.63) is 36.3 Å². The van der Waals surface area contributed by atoms with Gasteiger partial charge in [-0.1, -0.05) is 12.1 Å². The van der Waals surface area contributed by atoms with E-state index in [1.165, 1.54) is 0 Å². The molecule has 1 aromatic heterocycles. The van der Waals surface area contributed by atoms with E-state index in [4.69, 9.17) is 4.74 Å². The molecule has 0 aliphatic heterocycles. The topological polar surface area (TPSA) is 47.3 Å². The van der Waals surface area contributed by atoms with Crippen molar-refractivity contribution < 1.29 is 9.94 Å². The normalized spacial score (nSPS) is 10.4. The summed E-state index contributed by atoms with van der Waals surface area (Å²) in [7, 11) is 0. The van der Waals surface area contributed by atoms with E-state index in [1.807, 2.05) is 31.2 Å². The Balaban J connectivity index is 2.40. The Morgan fingerprint density at radius 3 is 2.88 bits per heavy atom. The molecule has 4 heteroatoms. The van der Waals surface area contributed by atoms with Gasteiger partial charge in [0.2, 0.25) is 0 Å². The van der Waals surface area contributed by atoms with Gasteiger partial charge in [-0.15, -0.1) is 0 Å². The van der Waals surface area contributed by atoms with Crippen LogP contribution in [0.15, 0.2) is 30.5 Å². The lowest BCUT2D eigenvalue weighted by Gasteiger charge is -2.06. The number of ether oxygens (including phenoxy) is 1. The molecule has 0 spiro atoms. The summed E-state index contributed by atoms with van der Waals surface area (Å²) in [5.41, 5.74) is 1.55. The quantitative estimate of drug-likeness (QED) is 0.805. The Labute approximate surface area is 94.1 Å². The first kappa shape index (κ1) is 10.5. The van der Waals surface area contributed by atoms with Crippen LogP contribution < -0.4 is 4.74 Å². The number of aromatic nitrogens is 2. The van der Waals surface area contributed by atoms with Crippen molar-refractivity contribution in [1.29, 1.82) is 0 Å². The van der Waals surface area contributed by atoms with Crippen LogP contribution >= 0.6 is 0 Å². The molecule has 1 heterocycles. The number of nitrogens with zero attached hydrogens (tertiary/aromatic N) is 2.